The van der Waals surface area contributed by atoms with Gasteiger partial charge < -0.3 is 9.84 Å². The Balaban J connectivity index is 1.91. The van der Waals surface area contributed by atoms with Gasteiger partial charge in [-0.25, -0.2) is 9.78 Å². The molecule has 19 heavy (non-hydrogen) atoms. The molecular formula is C15H21NO3. The summed E-state index contributed by atoms with van der Waals surface area (Å²) in [6.07, 6.45) is 5.29. The van der Waals surface area contributed by atoms with Crippen molar-refractivity contribution in [1.82, 2.24) is 4.98 Å². The molecule has 0 radical (unpaired) electrons. The van der Waals surface area contributed by atoms with E-state index in [1.54, 1.807) is 6.07 Å². The minimum Gasteiger partial charge on any atom is -0.477 e. The summed E-state index contributed by atoms with van der Waals surface area (Å²) in [7, 11) is 0. The SMILES string of the molecule is CC1CC(C)CC(OCc2ccnc(C(=O)O)c2)C1. The summed E-state index contributed by atoms with van der Waals surface area (Å²) in [6, 6.07) is 3.39. The predicted molar refractivity (Wildman–Crippen MR) is 72.0 cm³/mol. The van der Waals surface area contributed by atoms with Crippen LogP contribution in [-0.4, -0.2) is 22.2 Å². The lowest BCUT2D eigenvalue weighted by Gasteiger charge is -2.31. The predicted octanol–water partition coefficient (Wildman–Crippen LogP) is 3.12. The third-order valence-electron chi connectivity index (χ3n) is 3.66. The number of carbonyl (C=O) groups is 1. The van der Waals surface area contributed by atoms with Gasteiger partial charge in [0.1, 0.15) is 5.69 Å². The highest BCUT2D eigenvalue weighted by molar-refractivity contribution is 5.85. The minimum absolute atomic E-state index is 0.0754. The van der Waals surface area contributed by atoms with Gasteiger partial charge in [-0.15, -0.1) is 0 Å². The molecular weight excluding hydrogens is 242 g/mol. The maximum Gasteiger partial charge on any atom is 0.354 e. The zero-order valence-electron chi connectivity index (χ0n) is 11.5. The van der Waals surface area contributed by atoms with Crippen molar-refractivity contribution in [3.63, 3.8) is 0 Å². The first-order valence-electron chi connectivity index (χ1n) is 6.84. The Bertz CT molecular complexity index is 437. The molecule has 2 rings (SSSR count). The number of carboxylic acids is 1. The van der Waals surface area contributed by atoms with E-state index in [2.05, 4.69) is 18.8 Å². The molecule has 1 saturated carbocycles. The molecule has 0 spiro atoms. The topological polar surface area (TPSA) is 59.4 Å². The molecule has 0 bridgehead atoms. The number of aromatic carboxylic acids is 1. The monoisotopic (exact) mass is 263 g/mol. The van der Waals surface area contributed by atoms with E-state index in [0.29, 0.717) is 24.5 Å². The molecule has 0 saturated heterocycles. The molecule has 1 aliphatic rings. The number of carboxylic acid groups (broad SMARTS) is 1. The van der Waals surface area contributed by atoms with Crippen LogP contribution in [0.2, 0.25) is 0 Å². The quantitative estimate of drug-likeness (QED) is 0.906. The standard InChI is InChI=1S/C15H21NO3/c1-10-5-11(2)7-13(6-10)19-9-12-3-4-16-14(8-12)15(17)18/h3-4,8,10-11,13H,5-7,9H2,1-2H3,(H,17,18). The Morgan fingerprint density at radius 2 is 2.05 bits per heavy atom. The van der Waals surface area contributed by atoms with Crippen molar-refractivity contribution in [3.8, 4) is 0 Å². The summed E-state index contributed by atoms with van der Waals surface area (Å²) < 4.78 is 5.92. The maximum atomic E-state index is 10.8. The minimum atomic E-state index is -0.998. The molecule has 0 amide bonds. The van der Waals surface area contributed by atoms with E-state index < -0.39 is 5.97 Å². The number of ether oxygens (including phenoxy) is 1. The van der Waals surface area contributed by atoms with Gasteiger partial charge in [-0.2, -0.15) is 0 Å². The Morgan fingerprint density at radius 1 is 1.37 bits per heavy atom. The Kier molecular flexibility index (Phi) is 4.53. The zero-order valence-corrected chi connectivity index (χ0v) is 11.5. The van der Waals surface area contributed by atoms with Crippen molar-refractivity contribution >= 4 is 5.97 Å². The lowest BCUT2D eigenvalue weighted by Crippen LogP contribution is -2.26. The first-order valence-corrected chi connectivity index (χ1v) is 6.84. The number of rotatable bonds is 4. The van der Waals surface area contributed by atoms with Crippen LogP contribution in [0.3, 0.4) is 0 Å². The largest absolute Gasteiger partial charge is 0.477 e. The van der Waals surface area contributed by atoms with Crippen LogP contribution in [0.15, 0.2) is 18.3 Å². The molecule has 1 aromatic rings. The molecule has 1 fully saturated rings. The highest BCUT2D eigenvalue weighted by Crippen LogP contribution is 2.30. The summed E-state index contributed by atoms with van der Waals surface area (Å²) in [5, 5.41) is 8.89. The number of hydrogen-bond donors (Lipinski definition) is 1. The third-order valence-corrected chi connectivity index (χ3v) is 3.66. The number of aromatic nitrogens is 1. The molecule has 2 atom stereocenters. The maximum absolute atomic E-state index is 10.8. The second kappa shape index (κ2) is 6.15. The molecule has 2 unspecified atom stereocenters. The normalized spacial score (nSPS) is 27.2. The van der Waals surface area contributed by atoms with E-state index >= 15 is 0 Å². The van der Waals surface area contributed by atoms with Crippen LogP contribution < -0.4 is 0 Å². The summed E-state index contributed by atoms with van der Waals surface area (Å²) in [4.78, 5) is 14.6. The van der Waals surface area contributed by atoms with Gasteiger partial charge in [0, 0.05) is 6.20 Å². The van der Waals surface area contributed by atoms with Gasteiger partial charge >= 0.3 is 5.97 Å². The van der Waals surface area contributed by atoms with Gasteiger partial charge in [0.05, 0.1) is 12.7 Å². The van der Waals surface area contributed by atoms with Crippen LogP contribution in [0.25, 0.3) is 0 Å². The highest BCUT2D eigenvalue weighted by Gasteiger charge is 2.24. The Labute approximate surface area is 113 Å². The van der Waals surface area contributed by atoms with Gasteiger partial charge in [0.25, 0.3) is 0 Å². The van der Waals surface area contributed by atoms with Crippen LogP contribution in [0, 0.1) is 11.8 Å². The number of nitrogens with zero attached hydrogens (tertiary/aromatic N) is 1. The summed E-state index contributed by atoms with van der Waals surface area (Å²) in [6.45, 7) is 4.99. The average molecular weight is 263 g/mol. The van der Waals surface area contributed by atoms with Crippen molar-refractivity contribution in [2.45, 2.75) is 45.8 Å². The van der Waals surface area contributed by atoms with Crippen molar-refractivity contribution in [2.75, 3.05) is 0 Å². The smallest absolute Gasteiger partial charge is 0.354 e. The van der Waals surface area contributed by atoms with E-state index in [9.17, 15) is 4.79 Å². The van der Waals surface area contributed by atoms with Crippen molar-refractivity contribution in [3.05, 3.63) is 29.6 Å². The summed E-state index contributed by atoms with van der Waals surface area (Å²) in [5.41, 5.74) is 0.949. The highest BCUT2D eigenvalue weighted by atomic mass is 16.5. The summed E-state index contributed by atoms with van der Waals surface area (Å²) in [5.74, 6) is 0.420. The van der Waals surface area contributed by atoms with Crippen LogP contribution >= 0.6 is 0 Å². The van der Waals surface area contributed by atoms with Crippen LogP contribution in [-0.2, 0) is 11.3 Å². The van der Waals surface area contributed by atoms with Gasteiger partial charge in [-0.05, 0) is 48.8 Å². The fourth-order valence-electron chi connectivity index (χ4n) is 2.90. The third kappa shape index (κ3) is 4.03. The van der Waals surface area contributed by atoms with Crippen molar-refractivity contribution < 1.29 is 14.6 Å². The van der Waals surface area contributed by atoms with Crippen molar-refractivity contribution in [2.24, 2.45) is 11.8 Å². The molecule has 0 aliphatic heterocycles. The zero-order chi connectivity index (χ0) is 13.8. The Morgan fingerprint density at radius 3 is 2.68 bits per heavy atom. The molecule has 104 valence electrons. The fraction of sp³-hybridized carbons (Fsp3) is 0.600. The molecule has 0 aromatic carbocycles. The van der Waals surface area contributed by atoms with Crippen molar-refractivity contribution in [1.29, 1.82) is 0 Å². The van der Waals surface area contributed by atoms with E-state index in [4.69, 9.17) is 9.84 Å². The van der Waals surface area contributed by atoms with Gasteiger partial charge in [-0.1, -0.05) is 13.8 Å². The van der Waals surface area contributed by atoms with Crippen LogP contribution in [0.4, 0.5) is 0 Å². The summed E-state index contributed by atoms with van der Waals surface area (Å²) >= 11 is 0. The first kappa shape index (κ1) is 14.0. The second-order valence-electron chi connectivity index (χ2n) is 5.70. The van der Waals surface area contributed by atoms with E-state index in [1.807, 2.05) is 6.07 Å². The fourth-order valence-corrected chi connectivity index (χ4v) is 2.90. The second-order valence-corrected chi connectivity index (χ2v) is 5.70. The van der Waals surface area contributed by atoms with Gasteiger partial charge in [-0.3, -0.25) is 0 Å². The lowest BCUT2D eigenvalue weighted by molar-refractivity contribution is -0.00919. The van der Waals surface area contributed by atoms with E-state index in [-0.39, 0.29) is 5.69 Å². The molecule has 1 heterocycles. The molecule has 1 N–H and O–H groups in total. The average Bonchev–Trinajstić information content (AvgIpc) is 2.35. The van der Waals surface area contributed by atoms with E-state index in [1.165, 1.54) is 12.6 Å². The first-order chi connectivity index (χ1) is 9.04. The Hall–Kier alpha value is -1.42. The molecule has 1 aromatic heterocycles. The lowest BCUT2D eigenvalue weighted by atomic mass is 9.82. The van der Waals surface area contributed by atoms with Gasteiger partial charge in [0.2, 0.25) is 0 Å². The van der Waals surface area contributed by atoms with Crippen LogP contribution in [0.5, 0.6) is 0 Å². The number of hydrogen-bond acceptors (Lipinski definition) is 3. The number of pyridine rings is 1. The van der Waals surface area contributed by atoms with Gasteiger partial charge in [0.15, 0.2) is 0 Å². The van der Waals surface area contributed by atoms with Crippen LogP contribution in [0.1, 0.15) is 49.2 Å². The molecule has 1 aliphatic carbocycles. The van der Waals surface area contributed by atoms with E-state index in [0.717, 1.165) is 18.4 Å². The molecule has 4 heteroatoms. The molecule has 4 nitrogen and oxygen atoms in total.